The molecule has 0 saturated carbocycles. The highest BCUT2D eigenvalue weighted by molar-refractivity contribution is 6.31. The van der Waals surface area contributed by atoms with Crippen LogP contribution in [-0.2, 0) is 0 Å². The van der Waals surface area contributed by atoms with Crippen molar-refractivity contribution < 1.29 is 14.7 Å². The standard InChI is InChI=1S/C22H14ClN3O4/c23-13-10-11-17(22(29)30)18(12-13)24-20(27)19-15-8-4-5-9-16(15)21(28)26(25-19)14-6-2-1-3-7-14/h1-12H,(H,24,27)(H,29,30). The van der Waals surface area contributed by atoms with Gasteiger partial charge < -0.3 is 10.4 Å². The maximum Gasteiger partial charge on any atom is 0.337 e. The van der Waals surface area contributed by atoms with Gasteiger partial charge in [0.15, 0.2) is 5.69 Å². The molecule has 4 aromatic rings. The van der Waals surface area contributed by atoms with Gasteiger partial charge in [-0.1, -0.05) is 48.0 Å². The van der Waals surface area contributed by atoms with Crippen molar-refractivity contribution in [2.75, 3.05) is 5.32 Å². The number of amides is 1. The number of aromatic nitrogens is 2. The number of rotatable bonds is 4. The Bertz CT molecular complexity index is 1350. The number of benzene rings is 3. The van der Waals surface area contributed by atoms with Crippen LogP contribution in [0.25, 0.3) is 16.5 Å². The zero-order chi connectivity index (χ0) is 21.3. The van der Waals surface area contributed by atoms with Gasteiger partial charge in [0.05, 0.1) is 22.3 Å². The lowest BCUT2D eigenvalue weighted by Crippen LogP contribution is -2.26. The van der Waals surface area contributed by atoms with Crippen LogP contribution in [-0.4, -0.2) is 26.8 Å². The van der Waals surface area contributed by atoms with Crippen LogP contribution in [0.4, 0.5) is 5.69 Å². The number of carbonyl (C=O) groups is 2. The monoisotopic (exact) mass is 419 g/mol. The number of hydrogen-bond acceptors (Lipinski definition) is 4. The molecule has 0 radical (unpaired) electrons. The highest BCUT2D eigenvalue weighted by Crippen LogP contribution is 2.23. The first-order chi connectivity index (χ1) is 14.5. The summed E-state index contributed by atoms with van der Waals surface area (Å²) in [4.78, 5) is 37.5. The van der Waals surface area contributed by atoms with Crippen molar-refractivity contribution in [1.82, 2.24) is 9.78 Å². The number of hydrogen-bond donors (Lipinski definition) is 2. The van der Waals surface area contributed by atoms with E-state index in [1.807, 2.05) is 0 Å². The van der Waals surface area contributed by atoms with Gasteiger partial charge in [-0.05, 0) is 36.4 Å². The fourth-order valence-electron chi connectivity index (χ4n) is 3.09. The van der Waals surface area contributed by atoms with Crippen molar-refractivity contribution in [2.24, 2.45) is 0 Å². The molecule has 0 aliphatic rings. The van der Waals surface area contributed by atoms with E-state index in [0.29, 0.717) is 16.5 Å². The van der Waals surface area contributed by atoms with Crippen LogP contribution in [0.1, 0.15) is 20.8 Å². The smallest absolute Gasteiger partial charge is 0.337 e. The number of fused-ring (bicyclic) bond motifs is 1. The van der Waals surface area contributed by atoms with Crippen molar-refractivity contribution >= 4 is 39.9 Å². The Morgan fingerprint density at radius 2 is 1.60 bits per heavy atom. The fraction of sp³-hybridized carbons (Fsp3) is 0. The van der Waals surface area contributed by atoms with Crippen LogP contribution >= 0.6 is 11.6 Å². The second kappa shape index (κ2) is 7.81. The van der Waals surface area contributed by atoms with Crippen molar-refractivity contribution in [2.45, 2.75) is 0 Å². The molecule has 1 heterocycles. The largest absolute Gasteiger partial charge is 0.478 e. The van der Waals surface area contributed by atoms with Gasteiger partial charge in [-0.3, -0.25) is 9.59 Å². The van der Waals surface area contributed by atoms with Crippen LogP contribution < -0.4 is 10.9 Å². The second-order valence-corrected chi connectivity index (χ2v) is 6.83. The number of carboxylic acids is 1. The van der Waals surface area contributed by atoms with E-state index >= 15 is 0 Å². The van der Waals surface area contributed by atoms with Crippen molar-refractivity contribution in [3.8, 4) is 5.69 Å². The van der Waals surface area contributed by atoms with E-state index in [4.69, 9.17) is 11.6 Å². The number of carboxylic acid groups (broad SMARTS) is 1. The molecule has 0 fully saturated rings. The summed E-state index contributed by atoms with van der Waals surface area (Å²) < 4.78 is 1.15. The van der Waals surface area contributed by atoms with Gasteiger partial charge in [-0.15, -0.1) is 0 Å². The first kappa shape index (κ1) is 19.4. The summed E-state index contributed by atoms with van der Waals surface area (Å²) in [6, 6.07) is 19.4. The number of para-hydroxylation sites is 1. The summed E-state index contributed by atoms with van der Waals surface area (Å²) in [5.41, 5.74) is 0.0146. The third-order valence-electron chi connectivity index (χ3n) is 4.48. The molecule has 148 valence electrons. The summed E-state index contributed by atoms with van der Waals surface area (Å²) in [6.45, 7) is 0. The molecular formula is C22H14ClN3O4. The van der Waals surface area contributed by atoms with Crippen LogP contribution in [0.5, 0.6) is 0 Å². The number of halogens is 1. The molecule has 0 unspecified atom stereocenters. The Hall–Kier alpha value is -3.97. The normalized spacial score (nSPS) is 10.7. The molecule has 1 amide bonds. The SMILES string of the molecule is O=C(O)c1ccc(Cl)cc1NC(=O)c1nn(-c2ccccc2)c(=O)c2ccccc12. The lowest BCUT2D eigenvalue weighted by Gasteiger charge is -2.12. The third kappa shape index (κ3) is 3.54. The number of nitrogens with zero attached hydrogens (tertiary/aromatic N) is 2. The number of anilines is 1. The van der Waals surface area contributed by atoms with Gasteiger partial charge >= 0.3 is 5.97 Å². The van der Waals surface area contributed by atoms with E-state index in [9.17, 15) is 19.5 Å². The summed E-state index contributed by atoms with van der Waals surface area (Å²) in [5, 5.41) is 17.1. The second-order valence-electron chi connectivity index (χ2n) is 6.40. The van der Waals surface area contributed by atoms with Gasteiger partial charge in [-0.2, -0.15) is 9.78 Å². The molecule has 4 rings (SSSR count). The minimum absolute atomic E-state index is 0.0228. The Morgan fingerprint density at radius 1 is 0.933 bits per heavy atom. The molecule has 0 saturated heterocycles. The average molecular weight is 420 g/mol. The third-order valence-corrected chi connectivity index (χ3v) is 4.72. The highest BCUT2D eigenvalue weighted by atomic mass is 35.5. The average Bonchev–Trinajstić information content (AvgIpc) is 2.74. The molecule has 0 aliphatic heterocycles. The highest BCUT2D eigenvalue weighted by Gasteiger charge is 2.20. The van der Waals surface area contributed by atoms with E-state index in [1.165, 1.54) is 18.2 Å². The fourth-order valence-corrected chi connectivity index (χ4v) is 3.26. The summed E-state index contributed by atoms with van der Waals surface area (Å²) >= 11 is 5.97. The maximum atomic E-state index is 13.1. The molecule has 3 aromatic carbocycles. The predicted octanol–water partition coefficient (Wildman–Crippen LogP) is 3.99. The maximum absolute atomic E-state index is 13.1. The van der Waals surface area contributed by atoms with E-state index in [-0.39, 0.29) is 27.5 Å². The van der Waals surface area contributed by atoms with E-state index < -0.39 is 11.9 Å². The Balaban J connectivity index is 1.88. The van der Waals surface area contributed by atoms with E-state index in [1.54, 1.807) is 54.6 Å². The molecule has 30 heavy (non-hydrogen) atoms. The molecular weight excluding hydrogens is 406 g/mol. The lowest BCUT2D eigenvalue weighted by molar-refractivity contribution is 0.0698. The Kier molecular flexibility index (Phi) is 5.04. The van der Waals surface area contributed by atoms with E-state index in [2.05, 4.69) is 10.4 Å². The first-order valence-electron chi connectivity index (χ1n) is 8.87. The van der Waals surface area contributed by atoms with Crippen LogP contribution in [0.15, 0.2) is 77.6 Å². The van der Waals surface area contributed by atoms with Crippen LogP contribution in [0, 0.1) is 0 Å². The van der Waals surface area contributed by atoms with Gasteiger partial charge in [0.1, 0.15) is 0 Å². The molecule has 0 bridgehead atoms. The molecule has 8 heteroatoms. The van der Waals surface area contributed by atoms with E-state index in [0.717, 1.165) is 4.68 Å². The Morgan fingerprint density at radius 3 is 2.30 bits per heavy atom. The zero-order valence-electron chi connectivity index (χ0n) is 15.4. The predicted molar refractivity (Wildman–Crippen MR) is 114 cm³/mol. The minimum atomic E-state index is -1.21. The number of aromatic carboxylic acids is 1. The molecule has 0 aliphatic carbocycles. The van der Waals surface area contributed by atoms with Crippen molar-refractivity contribution in [1.29, 1.82) is 0 Å². The molecule has 2 N–H and O–H groups in total. The summed E-state index contributed by atoms with van der Waals surface area (Å²) in [6.07, 6.45) is 0. The molecule has 0 atom stereocenters. The quantitative estimate of drug-likeness (QED) is 0.520. The lowest BCUT2D eigenvalue weighted by atomic mass is 10.1. The first-order valence-corrected chi connectivity index (χ1v) is 9.25. The summed E-state index contributed by atoms with van der Waals surface area (Å²) in [7, 11) is 0. The van der Waals surface area contributed by atoms with Crippen molar-refractivity contribution in [3.63, 3.8) is 0 Å². The van der Waals surface area contributed by atoms with Crippen LogP contribution in [0.3, 0.4) is 0 Å². The van der Waals surface area contributed by atoms with Crippen molar-refractivity contribution in [3.05, 3.63) is 99.4 Å². The molecule has 1 aromatic heterocycles. The summed E-state index contributed by atoms with van der Waals surface area (Å²) in [5.74, 6) is -1.88. The van der Waals surface area contributed by atoms with Gasteiger partial charge in [-0.25, -0.2) is 4.79 Å². The molecule has 7 nitrogen and oxygen atoms in total. The number of nitrogens with one attached hydrogen (secondary N) is 1. The van der Waals surface area contributed by atoms with Crippen LogP contribution in [0.2, 0.25) is 5.02 Å². The zero-order valence-corrected chi connectivity index (χ0v) is 16.1. The number of carbonyl (C=O) groups excluding carboxylic acids is 1. The Labute approximate surface area is 175 Å². The topological polar surface area (TPSA) is 101 Å². The van der Waals surface area contributed by atoms with Gasteiger partial charge in [0.2, 0.25) is 0 Å². The van der Waals surface area contributed by atoms with Gasteiger partial charge in [0.25, 0.3) is 11.5 Å². The minimum Gasteiger partial charge on any atom is -0.478 e. The molecule has 0 spiro atoms. The van der Waals surface area contributed by atoms with Gasteiger partial charge in [0, 0.05) is 10.4 Å².